The van der Waals surface area contributed by atoms with E-state index in [9.17, 15) is 4.79 Å². The summed E-state index contributed by atoms with van der Waals surface area (Å²) >= 11 is 2.21. The monoisotopic (exact) mass is 530 g/mol. The van der Waals surface area contributed by atoms with Crippen molar-refractivity contribution in [2.24, 2.45) is 0 Å². The quantitative estimate of drug-likeness (QED) is 0.147. The van der Waals surface area contributed by atoms with Gasteiger partial charge in [-0.3, -0.25) is 0 Å². The molecule has 0 aliphatic heterocycles. The van der Waals surface area contributed by atoms with E-state index in [0.29, 0.717) is 11.3 Å². The van der Waals surface area contributed by atoms with Crippen molar-refractivity contribution in [3.05, 3.63) is 118 Å². The zero-order chi connectivity index (χ0) is 21.9. The summed E-state index contributed by atoms with van der Waals surface area (Å²) in [4.78, 5) is 17.3. The third-order valence-electron chi connectivity index (χ3n) is 5.24. The Bertz CT molecular complexity index is 1380. The fourth-order valence-electron chi connectivity index (χ4n) is 3.65. The number of imidazole rings is 1. The minimum Gasteiger partial charge on any atom is -0.423 e. The first-order valence-electron chi connectivity index (χ1n) is 10.2. The van der Waals surface area contributed by atoms with E-state index in [2.05, 4.69) is 45.4 Å². The Hall–Kier alpha value is -3.45. The van der Waals surface area contributed by atoms with Gasteiger partial charge in [0.15, 0.2) is 0 Å². The summed E-state index contributed by atoms with van der Waals surface area (Å²) in [5.74, 6) is 1.01. The fourth-order valence-corrected chi connectivity index (χ4v) is 4.01. The first kappa shape index (κ1) is 20.5. The largest absolute Gasteiger partial charge is 0.423 e. The van der Waals surface area contributed by atoms with Gasteiger partial charge in [-0.2, -0.15) is 0 Å². The molecule has 0 amide bonds. The molecule has 0 aliphatic rings. The number of fused-ring (bicyclic) bond motifs is 1. The van der Waals surface area contributed by atoms with Crippen LogP contribution in [0.2, 0.25) is 0 Å². The number of rotatable bonds is 5. The first-order valence-corrected chi connectivity index (χ1v) is 11.3. The summed E-state index contributed by atoms with van der Waals surface area (Å²) in [5, 5.41) is 0. The number of ether oxygens (including phenoxy) is 1. The van der Waals surface area contributed by atoms with Crippen molar-refractivity contribution >= 4 is 39.6 Å². The standard InChI is InChI=1S/C27H19IN2O2/c28-22-14-10-21(11-15-22)27(31)32-23-16-12-20(13-17-23)26-29-24-8-4-5-9-25(24)30(26)18-19-6-2-1-3-7-19/h1-17H,18H2. The molecule has 4 aromatic carbocycles. The average Bonchev–Trinajstić information content (AvgIpc) is 3.19. The van der Waals surface area contributed by atoms with E-state index in [1.54, 1.807) is 12.1 Å². The number of carbonyl (C=O) groups is 1. The maximum absolute atomic E-state index is 12.4. The zero-order valence-electron chi connectivity index (χ0n) is 17.1. The van der Waals surface area contributed by atoms with Crippen molar-refractivity contribution in [2.75, 3.05) is 0 Å². The molecule has 0 spiro atoms. The number of para-hydroxylation sites is 2. The molecule has 4 nitrogen and oxygen atoms in total. The van der Waals surface area contributed by atoms with Gasteiger partial charge < -0.3 is 9.30 Å². The maximum Gasteiger partial charge on any atom is 0.343 e. The van der Waals surface area contributed by atoms with E-state index in [-0.39, 0.29) is 5.97 Å². The molecule has 0 fully saturated rings. The Morgan fingerprint density at radius 2 is 1.50 bits per heavy atom. The van der Waals surface area contributed by atoms with Crippen molar-refractivity contribution in [1.29, 1.82) is 0 Å². The van der Waals surface area contributed by atoms with Gasteiger partial charge in [0.2, 0.25) is 0 Å². The normalized spacial score (nSPS) is 10.9. The predicted octanol–water partition coefficient (Wildman–Crippen LogP) is 6.58. The van der Waals surface area contributed by atoms with Crippen LogP contribution in [0, 0.1) is 3.57 Å². The number of esters is 1. The predicted molar refractivity (Wildman–Crippen MR) is 135 cm³/mol. The maximum atomic E-state index is 12.4. The summed E-state index contributed by atoms with van der Waals surface area (Å²) in [5.41, 5.74) is 4.73. The number of hydrogen-bond acceptors (Lipinski definition) is 3. The van der Waals surface area contributed by atoms with Gasteiger partial charge in [-0.1, -0.05) is 42.5 Å². The molecule has 0 bridgehead atoms. The lowest BCUT2D eigenvalue weighted by Crippen LogP contribution is -2.08. The summed E-state index contributed by atoms with van der Waals surface area (Å²) in [7, 11) is 0. The van der Waals surface area contributed by atoms with Crippen molar-refractivity contribution in [3.8, 4) is 17.1 Å². The highest BCUT2D eigenvalue weighted by molar-refractivity contribution is 14.1. The molecule has 0 atom stereocenters. The van der Waals surface area contributed by atoms with E-state index in [0.717, 1.165) is 32.5 Å². The zero-order valence-corrected chi connectivity index (χ0v) is 19.3. The summed E-state index contributed by atoms with van der Waals surface area (Å²) in [6.07, 6.45) is 0. The van der Waals surface area contributed by atoms with Crippen molar-refractivity contribution in [2.45, 2.75) is 6.54 Å². The molecular formula is C27H19IN2O2. The van der Waals surface area contributed by atoms with Gasteiger partial charge in [0.05, 0.1) is 16.6 Å². The number of carbonyl (C=O) groups excluding carboxylic acids is 1. The smallest absolute Gasteiger partial charge is 0.343 e. The van der Waals surface area contributed by atoms with Crippen molar-refractivity contribution in [1.82, 2.24) is 9.55 Å². The third-order valence-corrected chi connectivity index (χ3v) is 5.96. The van der Waals surface area contributed by atoms with E-state index in [1.807, 2.05) is 72.8 Å². The van der Waals surface area contributed by atoms with E-state index in [1.165, 1.54) is 5.56 Å². The molecule has 156 valence electrons. The van der Waals surface area contributed by atoms with Crippen LogP contribution in [0.5, 0.6) is 5.75 Å². The second-order valence-corrected chi connectivity index (χ2v) is 8.66. The highest BCUT2D eigenvalue weighted by Gasteiger charge is 2.14. The van der Waals surface area contributed by atoms with E-state index < -0.39 is 0 Å². The number of nitrogens with zero attached hydrogens (tertiary/aromatic N) is 2. The Labute approximate surface area is 199 Å². The van der Waals surface area contributed by atoms with Gasteiger partial charge >= 0.3 is 5.97 Å². The van der Waals surface area contributed by atoms with Crippen LogP contribution in [0.25, 0.3) is 22.4 Å². The number of halogens is 1. The molecule has 5 rings (SSSR count). The molecule has 1 heterocycles. The van der Waals surface area contributed by atoms with E-state index in [4.69, 9.17) is 9.72 Å². The molecule has 1 aromatic heterocycles. The SMILES string of the molecule is O=C(Oc1ccc(-c2nc3ccccc3n2Cc2ccccc2)cc1)c1ccc(I)cc1. The Kier molecular flexibility index (Phi) is 5.73. The number of benzene rings is 4. The summed E-state index contributed by atoms with van der Waals surface area (Å²) < 4.78 is 8.84. The summed E-state index contributed by atoms with van der Waals surface area (Å²) in [6.45, 7) is 0.722. The molecule has 0 radical (unpaired) electrons. The molecule has 0 aliphatic carbocycles. The molecule has 32 heavy (non-hydrogen) atoms. The lowest BCUT2D eigenvalue weighted by Gasteiger charge is -2.10. The van der Waals surface area contributed by atoms with Gasteiger partial charge in [0, 0.05) is 15.7 Å². The van der Waals surface area contributed by atoms with Crippen LogP contribution < -0.4 is 4.74 Å². The molecule has 0 saturated carbocycles. The Balaban J connectivity index is 1.44. The lowest BCUT2D eigenvalue weighted by atomic mass is 10.2. The highest BCUT2D eigenvalue weighted by Crippen LogP contribution is 2.27. The molecule has 5 heteroatoms. The van der Waals surface area contributed by atoms with Crippen molar-refractivity contribution in [3.63, 3.8) is 0 Å². The molecule has 0 unspecified atom stereocenters. The van der Waals surface area contributed by atoms with Gasteiger partial charge in [-0.15, -0.1) is 0 Å². The van der Waals surface area contributed by atoms with Crippen LogP contribution in [-0.2, 0) is 6.54 Å². The van der Waals surface area contributed by atoms with Crippen LogP contribution in [0.1, 0.15) is 15.9 Å². The van der Waals surface area contributed by atoms with Crippen LogP contribution in [0.4, 0.5) is 0 Å². The Morgan fingerprint density at radius 3 is 2.25 bits per heavy atom. The third kappa shape index (κ3) is 4.29. The first-order chi connectivity index (χ1) is 15.7. The number of hydrogen-bond donors (Lipinski definition) is 0. The molecule has 0 saturated heterocycles. The van der Waals surface area contributed by atoms with E-state index >= 15 is 0 Å². The van der Waals surface area contributed by atoms with Crippen LogP contribution in [-0.4, -0.2) is 15.5 Å². The van der Waals surface area contributed by atoms with Gasteiger partial charge in [-0.05, 0) is 88.8 Å². The Morgan fingerprint density at radius 1 is 0.812 bits per heavy atom. The molecular weight excluding hydrogens is 511 g/mol. The molecule has 5 aromatic rings. The molecule has 0 N–H and O–H groups in total. The fraction of sp³-hybridized carbons (Fsp3) is 0.0370. The van der Waals surface area contributed by atoms with Crippen molar-refractivity contribution < 1.29 is 9.53 Å². The second-order valence-electron chi connectivity index (χ2n) is 7.42. The van der Waals surface area contributed by atoms with Crippen LogP contribution in [0.15, 0.2) is 103 Å². The minimum atomic E-state index is -0.370. The van der Waals surface area contributed by atoms with Gasteiger partial charge in [0.25, 0.3) is 0 Å². The van der Waals surface area contributed by atoms with Crippen LogP contribution in [0.3, 0.4) is 0 Å². The average molecular weight is 530 g/mol. The van der Waals surface area contributed by atoms with Gasteiger partial charge in [0.1, 0.15) is 11.6 Å². The van der Waals surface area contributed by atoms with Gasteiger partial charge in [-0.25, -0.2) is 9.78 Å². The summed E-state index contributed by atoms with van der Waals surface area (Å²) in [6, 6.07) is 33.3. The lowest BCUT2D eigenvalue weighted by molar-refractivity contribution is 0.0735. The highest BCUT2D eigenvalue weighted by atomic mass is 127. The minimum absolute atomic E-state index is 0.370. The van der Waals surface area contributed by atoms with Crippen LogP contribution >= 0.6 is 22.6 Å². The number of aromatic nitrogens is 2. The second kappa shape index (κ2) is 8.96. The topological polar surface area (TPSA) is 44.1 Å².